The fourth-order valence-electron chi connectivity index (χ4n) is 10.5. The minimum Gasteiger partial charge on any atom is -0.494 e. The van der Waals surface area contributed by atoms with Crippen LogP contribution in [0.5, 0.6) is 11.8 Å². The van der Waals surface area contributed by atoms with Crippen molar-refractivity contribution in [3.63, 3.8) is 0 Å². The Morgan fingerprint density at radius 2 is 1.08 bits per heavy atom. The summed E-state index contributed by atoms with van der Waals surface area (Å²) >= 11 is 0. The van der Waals surface area contributed by atoms with Gasteiger partial charge in [0.05, 0.1) is 70.4 Å². The van der Waals surface area contributed by atoms with Crippen LogP contribution in [0.1, 0.15) is 112 Å². The first kappa shape index (κ1) is 60.9. The number of aromatic nitrogens is 2. The predicted molar refractivity (Wildman–Crippen MR) is 327 cm³/mol. The fraction of sp³-hybridized carbons (Fsp3) is 0.288. The molecule has 4 heterocycles. The van der Waals surface area contributed by atoms with Gasteiger partial charge < -0.3 is 50.6 Å². The molecule has 436 valence electrons. The van der Waals surface area contributed by atoms with Gasteiger partial charge >= 0.3 is 17.9 Å². The first-order valence-electron chi connectivity index (χ1n) is 27.9. The summed E-state index contributed by atoms with van der Waals surface area (Å²) in [7, 11) is 6.92. The van der Waals surface area contributed by atoms with Crippen molar-refractivity contribution >= 4 is 74.3 Å². The molecule has 2 saturated heterocycles. The van der Waals surface area contributed by atoms with Crippen molar-refractivity contribution in [1.29, 1.82) is 0 Å². The Kier molecular flexibility index (Phi) is 20.1. The Morgan fingerprint density at radius 1 is 0.619 bits per heavy atom. The lowest BCUT2D eigenvalue weighted by Gasteiger charge is -2.28. The molecule has 0 aliphatic carbocycles. The number of carbonyl (C=O) groups is 5. The summed E-state index contributed by atoms with van der Waals surface area (Å²) in [6.45, 7) is 11.0. The summed E-state index contributed by atoms with van der Waals surface area (Å²) in [5.74, 6) is -1.65. The number of aromatic hydroxyl groups is 2. The van der Waals surface area contributed by atoms with E-state index in [0.29, 0.717) is 85.1 Å². The van der Waals surface area contributed by atoms with Crippen molar-refractivity contribution in [3.8, 4) is 11.8 Å². The van der Waals surface area contributed by atoms with Gasteiger partial charge in [0, 0.05) is 46.4 Å². The maximum Gasteiger partial charge on any atom is 0.338 e. The third-order valence-corrected chi connectivity index (χ3v) is 15.4. The van der Waals surface area contributed by atoms with E-state index in [1.807, 2.05) is 73.7 Å². The summed E-state index contributed by atoms with van der Waals surface area (Å²) in [5, 5.41) is 35.8. The van der Waals surface area contributed by atoms with Gasteiger partial charge in [0.1, 0.15) is 0 Å². The number of carboxylic acids is 1. The molecule has 0 unspecified atom stereocenters. The van der Waals surface area contributed by atoms with Gasteiger partial charge in [-0.25, -0.2) is 24.4 Å². The predicted octanol–water partition coefficient (Wildman–Crippen LogP) is 10.5. The smallest absolute Gasteiger partial charge is 0.338 e. The number of H-pyrrole nitrogens is 1. The van der Waals surface area contributed by atoms with Crippen molar-refractivity contribution in [3.05, 3.63) is 189 Å². The van der Waals surface area contributed by atoms with E-state index in [-0.39, 0.29) is 28.8 Å². The number of aromatic carboxylic acids is 1. The molecule has 0 radical (unpaired) electrons. The van der Waals surface area contributed by atoms with Crippen molar-refractivity contribution in [1.82, 2.24) is 24.7 Å². The Labute approximate surface area is 488 Å². The highest BCUT2D eigenvalue weighted by Crippen LogP contribution is 2.37. The summed E-state index contributed by atoms with van der Waals surface area (Å²) < 4.78 is 10.9. The zero-order chi connectivity index (χ0) is 60.2. The van der Waals surface area contributed by atoms with Gasteiger partial charge in [-0.2, -0.15) is 0 Å². The lowest BCUT2D eigenvalue weighted by Crippen LogP contribution is -2.36. The SMILES string of the molecule is CN1CCC(CN)CC1.COC(=O)c1cc2[nH]c(O)c(C(=Nc3ccc(C(=O)NCC4CCN(C)CC4)cc3)c3ccccc3)c2cc1C.COC(=O)c1cc2c(cc1C)c(C(=Nc1ccc(C(=O)O)cc1)c1ccccc1)c(O)n2C(C)=O. The molecule has 6 aromatic carbocycles. The average molecular weight is 1140 g/mol. The lowest BCUT2D eigenvalue weighted by molar-refractivity contribution is 0.0591. The van der Waals surface area contributed by atoms with Crippen molar-refractivity contribution < 1.29 is 48.8 Å². The highest BCUT2D eigenvalue weighted by molar-refractivity contribution is 6.24. The van der Waals surface area contributed by atoms with E-state index in [1.165, 1.54) is 65.3 Å². The van der Waals surface area contributed by atoms with Crippen LogP contribution >= 0.6 is 0 Å². The third-order valence-electron chi connectivity index (χ3n) is 15.4. The molecular weight excluding hydrogens is 1060 g/mol. The van der Waals surface area contributed by atoms with Crippen LogP contribution in [0.4, 0.5) is 11.4 Å². The van der Waals surface area contributed by atoms with Crippen molar-refractivity contribution in [2.45, 2.75) is 46.5 Å². The normalized spacial score (nSPS) is 14.5. The number of ether oxygens (including phenoxy) is 2. The summed E-state index contributed by atoms with van der Waals surface area (Å²) in [5.41, 5.74) is 13.5. The summed E-state index contributed by atoms with van der Waals surface area (Å²) in [6.07, 6.45) is 4.79. The molecule has 0 spiro atoms. The number of hydrogen-bond donors (Lipinski definition) is 6. The van der Waals surface area contributed by atoms with Crippen LogP contribution in [0, 0.1) is 25.7 Å². The zero-order valence-corrected chi connectivity index (χ0v) is 48.4. The number of nitrogens with two attached hydrogens (primary N) is 1. The van der Waals surface area contributed by atoms with E-state index in [4.69, 9.17) is 25.2 Å². The number of benzene rings is 6. The van der Waals surface area contributed by atoms with E-state index in [9.17, 15) is 39.3 Å². The maximum absolute atomic E-state index is 12.8. The number of piperidine rings is 2. The largest absolute Gasteiger partial charge is 0.494 e. The second kappa shape index (κ2) is 27.7. The Morgan fingerprint density at radius 3 is 1.56 bits per heavy atom. The van der Waals surface area contributed by atoms with Gasteiger partial charge in [0.25, 0.3) is 5.91 Å². The number of aryl methyl sites for hydroxylation is 2. The lowest BCUT2D eigenvalue weighted by atomic mass is 9.97. The molecule has 10 rings (SSSR count). The topological polar surface area (TPSA) is 254 Å². The van der Waals surface area contributed by atoms with Crippen LogP contribution in [0.25, 0.3) is 21.8 Å². The molecule has 2 aromatic heterocycles. The molecule has 0 saturated carbocycles. The summed E-state index contributed by atoms with van der Waals surface area (Å²) in [6, 6.07) is 38.6. The van der Waals surface area contributed by atoms with Gasteiger partial charge in [-0.3, -0.25) is 14.2 Å². The quantitative estimate of drug-likeness (QED) is 0.0465. The first-order chi connectivity index (χ1) is 40.4. The molecule has 0 bridgehead atoms. The second-order valence-corrected chi connectivity index (χ2v) is 21.3. The number of likely N-dealkylation sites (tertiary alicyclic amines) is 2. The Balaban J connectivity index is 0.000000192. The number of nitrogens with zero attached hydrogens (tertiary/aromatic N) is 5. The van der Waals surface area contributed by atoms with Gasteiger partial charge in [0.15, 0.2) is 5.88 Å². The highest BCUT2D eigenvalue weighted by Gasteiger charge is 2.27. The number of nitrogens with one attached hydrogen (secondary N) is 2. The first-order valence-corrected chi connectivity index (χ1v) is 27.9. The van der Waals surface area contributed by atoms with E-state index in [2.05, 4.69) is 34.2 Å². The molecule has 8 aromatic rings. The number of hydrogen-bond acceptors (Lipinski definition) is 14. The number of aromatic amines is 1. The van der Waals surface area contributed by atoms with E-state index >= 15 is 0 Å². The van der Waals surface area contributed by atoms with Crippen LogP contribution in [0.3, 0.4) is 0 Å². The van der Waals surface area contributed by atoms with E-state index < -0.39 is 23.8 Å². The fourth-order valence-corrected chi connectivity index (χ4v) is 10.5. The molecular formula is C66H72N8O10. The molecule has 18 heteroatoms. The van der Waals surface area contributed by atoms with E-state index in [0.717, 1.165) is 59.5 Å². The highest BCUT2D eigenvalue weighted by atomic mass is 16.5. The van der Waals surface area contributed by atoms with Gasteiger partial charge in [-0.15, -0.1) is 0 Å². The molecule has 7 N–H and O–H groups in total. The van der Waals surface area contributed by atoms with Crippen molar-refractivity contribution in [2.75, 3.05) is 67.6 Å². The number of amides is 1. The van der Waals surface area contributed by atoms with E-state index in [1.54, 1.807) is 55.5 Å². The number of aliphatic imine (C=N–C) groups is 2. The summed E-state index contributed by atoms with van der Waals surface area (Å²) in [4.78, 5) is 78.4. The van der Waals surface area contributed by atoms with Crippen LogP contribution in [0.2, 0.25) is 0 Å². The van der Waals surface area contributed by atoms with Crippen molar-refractivity contribution in [2.24, 2.45) is 27.6 Å². The molecule has 2 fully saturated rings. The number of esters is 2. The zero-order valence-electron chi connectivity index (χ0n) is 48.4. The number of methoxy groups -OCH3 is 2. The third kappa shape index (κ3) is 14.3. The minimum atomic E-state index is -1.05. The standard InChI is InChI=1S/C32H34N4O4.C27H22N2O6.C7H16N2/c1-20-17-26-27(18-25(20)32(39)40-3)35-31(38)28(26)29(22-7-5-4-6-8-22)34-24-11-9-23(10-12-24)30(37)33-19-21-13-15-36(2)16-14-21;1-15-13-21-22(14-20(15)27(34)35-3)29(16(2)30)25(31)23(21)24(17-7-5-4-6-8-17)28-19-11-9-18(10-12-19)26(32)33;1-9-4-2-7(6-8)3-5-9/h4-12,17-18,21,35,38H,13-16,19H2,1-3H3,(H,33,37);4-14,31H,1-3H3,(H,32,33);7H,2-6,8H2,1H3. The average Bonchev–Trinajstić information content (AvgIpc) is 1.85. The minimum absolute atomic E-state index is 0.0519. The Bertz CT molecular complexity index is 3720. The molecule has 18 nitrogen and oxygen atoms in total. The molecule has 2 aliphatic rings. The number of carbonyl (C=O) groups excluding carboxylic acids is 4. The monoisotopic (exact) mass is 1140 g/mol. The number of rotatable bonds is 13. The van der Waals surface area contributed by atoms with Gasteiger partial charge in [0.2, 0.25) is 11.8 Å². The number of fused-ring (bicyclic) bond motifs is 2. The molecule has 84 heavy (non-hydrogen) atoms. The molecule has 0 atom stereocenters. The molecule has 2 aliphatic heterocycles. The second-order valence-electron chi connectivity index (χ2n) is 21.3. The van der Waals surface area contributed by atoms with Crippen LogP contribution in [-0.4, -0.2) is 143 Å². The van der Waals surface area contributed by atoms with Gasteiger partial charge in [-0.1, -0.05) is 60.7 Å². The van der Waals surface area contributed by atoms with Gasteiger partial charge in [-0.05, 0) is 182 Å². The molecule has 1 amide bonds. The Hall–Kier alpha value is -9.23. The van der Waals surface area contributed by atoms with Crippen LogP contribution in [-0.2, 0) is 9.47 Å². The number of carboxylic acid groups (broad SMARTS) is 1. The maximum atomic E-state index is 12.8. The van der Waals surface area contributed by atoms with Crippen LogP contribution in [0.15, 0.2) is 143 Å². The van der Waals surface area contributed by atoms with Crippen LogP contribution < -0.4 is 11.1 Å².